The third-order valence-corrected chi connectivity index (χ3v) is 2.27. The summed E-state index contributed by atoms with van der Waals surface area (Å²) in [6.07, 6.45) is 0.777. The van der Waals surface area contributed by atoms with E-state index in [1.165, 1.54) is 12.1 Å². The predicted octanol–water partition coefficient (Wildman–Crippen LogP) is 1.47. The minimum absolute atomic E-state index is 0.130. The fraction of sp³-hybridized carbons (Fsp3) is 0.417. The average molecular weight is 256 g/mol. The molecule has 0 bridgehead atoms. The lowest BCUT2D eigenvalue weighted by atomic mass is 10.1. The summed E-state index contributed by atoms with van der Waals surface area (Å²) in [6.45, 7) is 1.43. The molecule has 0 unspecified atom stereocenters. The SMILES string of the molecule is COCCCOCc1cc(F)cc(/C(N)=N/O)c1. The summed E-state index contributed by atoms with van der Waals surface area (Å²) in [4.78, 5) is 0. The second-order valence-corrected chi connectivity index (χ2v) is 3.73. The highest BCUT2D eigenvalue weighted by atomic mass is 19.1. The Labute approximate surface area is 105 Å². The van der Waals surface area contributed by atoms with Gasteiger partial charge in [-0.3, -0.25) is 0 Å². The van der Waals surface area contributed by atoms with Crippen LogP contribution in [0.4, 0.5) is 4.39 Å². The number of ether oxygens (including phenoxy) is 2. The van der Waals surface area contributed by atoms with E-state index in [2.05, 4.69) is 5.16 Å². The van der Waals surface area contributed by atoms with Crippen LogP contribution in [0.1, 0.15) is 17.5 Å². The molecule has 0 amide bonds. The molecule has 1 rings (SSSR count). The monoisotopic (exact) mass is 256 g/mol. The fourth-order valence-electron chi connectivity index (χ4n) is 1.43. The van der Waals surface area contributed by atoms with Gasteiger partial charge < -0.3 is 20.4 Å². The van der Waals surface area contributed by atoms with E-state index in [0.717, 1.165) is 6.42 Å². The zero-order valence-corrected chi connectivity index (χ0v) is 10.2. The lowest BCUT2D eigenvalue weighted by Gasteiger charge is -2.06. The van der Waals surface area contributed by atoms with Gasteiger partial charge in [0, 0.05) is 25.9 Å². The maximum atomic E-state index is 13.3. The first-order valence-corrected chi connectivity index (χ1v) is 5.51. The molecule has 0 aliphatic carbocycles. The minimum atomic E-state index is -0.449. The normalized spacial score (nSPS) is 11.8. The number of benzene rings is 1. The van der Waals surface area contributed by atoms with Crippen molar-refractivity contribution in [3.8, 4) is 0 Å². The summed E-state index contributed by atoms with van der Waals surface area (Å²) < 4.78 is 23.5. The molecule has 0 saturated heterocycles. The molecule has 6 heteroatoms. The summed E-state index contributed by atoms with van der Waals surface area (Å²) in [7, 11) is 1.62. The van der Waals surface area contributed by atoms with E-state index in [1.807, 2.05) is 0 Å². The van der Waals surface area contributed by atoms with Gasteiger partial charge >= 0.3 is 0 Å². The Morgan fingerprint density at radius 3 is 2.83 bits per heavy atom. The number of methoxy groups -OCH3 is 1. The first kappa shape index (κ1) is 14.4. The van der Waals surface area contributed by atoms with Gasteiger partial charge in [0.25, 0.3) is 0 Å². The Kier molecular flexibility index (Phi) is 6.10. The average Bonchev–Trinajstić information content (AvgIpc) is 2.37. The number of rotatable bonds is 7. The molecule has 0 heterocycles. The predicted molar refractivity (Wildman–Crippen MR) is 65.1 cm³/mol. The van der Waals surface area contributed by atoms with Crippen molar-refractivity contribution in [1.82, 2.24) is 0 Å². The highest BCUT2D eigenvalue weighted by molar-refractivity contribution is 5.97. The minimum Gasteiger partial charge on any atom is -0.409 e. The van der Waals surface area contributed by atoms with Crippen LogP contribution in [-0.4, -0.2) is 31.4 Å². The van der Waals surface area contributed by atoms with Gasteiger partial charge in [-0.15, -0.1) is 0 Å². The van der Waals surface area contributed by atoms with Crippen LogP contribution in [0.5, 0.6) is 0 Å². The largest absolute Gasteiger partial charge is 0.409 e. The van der Waals surface area contributed by atoms with Crippen molar-refractivity contribution < 1.29 is 19.1 Å². The van der Waals surface area contributed by atoms with Crippen LogP contribution >= 0.6 is 0 Å². The summed E-state index contributed by atoms with van der Waals surface area (Å²) in [5.74, 6) is -0.579. The smallest absolute Gasteiger partial charge is 0.170 e. The molecular formula is C12H17FN2O3. The van der Waals surface area contributed by atoms with Gasteiger partial charge in [0.15, 0.2) is 5.84 Å². The van der Waals surface area contributed by atoms with Gasteiger partial charge in [-0.2, -0.15) is 0 Å². The molecule has 0 aliphatic rings. The summed E-state index contributed by atoms with van der Waals surface area (Å²) in [5.41, 5.74) is 6.36. The van der Waals surface area contributed by atoms with Crippen LogP contribution in [-0.2, 0) is 16.1 Å². The topological polar surface area (TPSA) is 77.1 Å². The number of hydrogen-bond donors (Lipinski definition) is 2. The maximum absolute atomic E-state index is 13.3. The summed E-state index contributed by atoms with van der Waals surface area (Å²) in [6, 6.07) is 4.17. The van der Waals surface area contributed by atoms with E-state index >= 15 is 0 Å². The van der Waals surface area contributed by atoms with E-state index in [1.54, 1.807) is 13.2 Å². The van der Waals surface area contributed by atoms with Crippen molar-refractivity contribution in [2.75, 3.05) is 20.3 Å². The van der Waals surface area contributed by atoms with Crippen LogP contribution in [0, 0.1) is 5.82 Å². The fourth-order valence-corrected chi connectivity index (χ4v) is 1.43. The van der Waals surface area contributed by atoms with E-state index in [9.17, 15) is 4.39 Å². The van der Waals surface area contributed by atoms with Crippen LogP contribution in [0.25, 0.3) is 0 Å². The van der Waals surface area contributed by atoms with E-state index < -0.39 is 5.82 Å². The summed E-state index contributed by atoms with van der Waals surface area (Å²) >= 11 is 0. The molecule has 18 heavy (non-hydrogen) atoms. The Bertz CT molecular complexity index is 410. The zero-order chi connectivity index (χ0) is 13.4. The number of oxime groups is 1. The molecule has 0 spiro atoms. The van der Waals surface area contributed by atoms with Gasteiger partial charge in [0.2, 0.25) is 0 Å². The van der Waals surface area contributed by atoms with Gasteiger partial charge in [-0.05, 0) is 30.2 Å². The Balaban J connectivity index is 2.58. The van der Waals surface area contributed by atoms with Crippen molar-refractivity contribution in [3.63, 3.8) is 0 Å². The van der Waals surface area contributed by atoms with Crippen molar-refractivity contribution in [2.45, 2.75) is 13.0 Å². The highest BCUT2D eigenvalue weighted by Crippen LogP contribution is 2.10. The number of hydrogen-bond acceptors (Lipinski definition) is 4. The zero-order valence-electron chi connectivity index (χ0n) is 10.2. The van der Waals surface area contributed by atoms with Gasteiger partial charge in [-0.25, -0.2) is 4.39 Å². The van der Waals surface area contributed by atoms with Crippen molar-refractivity contribution in [1.29, 1.82) is 0 Å². The molecule has 0 aliphatic heterocycles. The third-order valence-electron chi connectivity index (χ3n) is 2.27. The third kappa shape index (κ3) is 4.68. The highest BCUT2D eigenvalue weighted by Gasteiger charge is 2.05. The van der Waals surface area contributed by atoms with Crippen LogP contribution in [0.3, 0.4) is 0 Å². The number of halogens is 1. The van der Waals surface area contributed by atoms with Gasteiger partial charge in [-0.1, -0.05) is 5.16 Å². The molecule has 0 atom stereocenters. The second kappa shape index (κ2) is 7.62. The quantitative estimate of drug-likeness (QED) is 0.255. The second-order valence-electron chi connectivity index (χ2n) is 3.73. The van der Waals surface area contributed by atoms with Crippen molar-refractivity contribution in [2.24, 2.45) is 10.9 Å². The first-order valence-electron chi connectivity index (χ1n) is 5.51. The molecule has 5 nitrogen and oxygen atoms in total. The molecule has 0 radical (unpaired) electrons. The molecular weight excluding hydrogens is 239 g/mol. The van der Waals surface area contributed by atoms with Crippen LogP contribution < -0.4 is 5.73 Å². The Morgan fingerprint density at radius 2 is 2.17 bits per heavy atom. The van der Waals surface area contributed by atoms with E-state index in [0.29, 0.717) is 24.3 Å². The molecule has 0 aromatic heterocycles. The molecule has 3 N–H and O–H groups in total. The molecule has 100 valence electrons. The lowest BCUT2D eigenvalue weighted by Crippen LogP contribution is -2.14. The number of nitrogens with two attached hydrogens (primary N) is 1. The molecule has 1 aromatic carbocycles. The number of nitrogens with zero attached hydrogens (tertiary/aromatic N) is 1. The summed E-state index contributed by atoms with van der Waals surface area (Å²) in [5, 5.41) is 11.4. The van der Waals surface area contributed by atoms with Crippen molar-refractivity contribution >= 4 is 5.84 Å². The Hall–Kier alpha value is -1.66. The van der Waals surface area contributed by atoms with Gasteiger partial charge in [0.05, 0.1) is 6.61 Å². The lowest BCUT2D eigenvalue weighted by molar-refractivity contribution is 0.0927. The first-order chi connectivity index (χ1) is 8.67. The van der Waals surface area contributed by atoms with E-state index in [4.69, 9.17) is 20.4 Å². The maximum Gasteiger partial charge on any atom is 0.170 e. The molecule has 0 saturated carbocycles. The Morgan fingerprint density at radius 1 is 1.39 bits per heavy atom. The van der Waals surface area contributed by atoms with Crippen molar-refractivity contribution in [3.05, 3.63) is 35.1 Å². The molecule has 1 aromatic rings. The van der Waals surface area contributed by atoms with E-state index in [-0.39, 0.29) is 12.4 Å². The van der Waals surface area contributed by atoms with Gasteiger partial charge in [0.1, 0.15) is 5.82 Å². The van der Waals surface area contributed by atoms with Crippen LogP contribution in [0.2, 0.25) is 0 Å². The standard InChI is InChI=1S/C12H17FN2O3/c1-17-3-2-4-18-8-9-5-10(12(14)15-16)7-11(13)6-9/h5-7,16H,2-4,8H2,1H3,(H2,14,15). The number of amidine groups is 1. The van der Waals surface area contributed by atoms with Crippen LogP contribution in [0.15, 0.2) is 23.4 Å². The molecule has 0 fully saturated rings.